The molecule has 0 saturated heterocycles. The van der Waals surface area contributed by atoms with Gasteiger partial charge in [0.25, 0.3) is 5.66 Å². The molecule has 3 atom stereocenters. The molecule has 1 aromatic heterocycles. The molecule has 3 aromatic carbocycles. The van der Waals surface area contributed by atoms with Gasteiger partial charge in [-0.05, 0) is 57.7 Å². The van der Waals surface area contributed by atoms with Crippen LogP contribution >= 0.6 is 8.03 Å². The van der Waals surface area contributed by atoms with E-state index < -0.39 is 38.0 Å². The second kappa shape index (κ2) is 13.4. The van der Waals surface area contributed by atoms with Crippen LogP contribution in [0.4, 0.5) is 4.39 Å². The standard InChI is InChI=1S/C33H29FNO5P/c1-4-30(41(38)39)29(36)20-31(37)40-33-27(23-14-16-25(34)17-15-23)19-28(35-32(33)21(2)3)26-13-9-8-12-24(26)18-22-10-6-5-7-11-22/h1,5-17,19,21,29-30,36H,18,20H2,2-3H3/p+1. The molecule has 6 nitrogen and oxygen atoms in total. The van der Waals surface area contributed by atoms with Gasteiger partial charge in [0, 0.05) is 11.1 Å². The summed E-state index contributed by atoms with van der Waals surface area (Å²) in [5, 5.41) is 10.3. The van der Waals surface area contributed by atoms with Crippen LogP contribution in [0.5, 0.6) is 5.75 Å². The van der Waals surface area contributed by atoms with Gasteiger partial charge in [0.1, 0.15) is 11.9 Å². The first-order valence-electron chi connectivity index (χ1n) is 13.1. The minimum atomic E-state index is -2.90. The minimum absolute atomic E-state index is 0.166. The maximum absolute atomic E-state index is 13.9. The van der Waals surface area contributed by atoms with E-state index in [1.165, 1.54) is 12.1 Å². The largest absolute Gasteiger partial charge is 0.524 e. The summed E-state index contributed by atoms with van der Waals surface area (Å²) in [6.07, 6.45) is 3.77. The number of hydrogen-bond donors (Lipinski definition) is 2. The molecule has 0 aliphatic rings. The number of hydrogen-bond acceptors (Lipinski definition) is 5. The minimum Gasteiger partial charge on any atom is -0.424 e. The highest BCUT2D eigenvalue weighted by molar-refractivity contribution is 7.39. The smallest absolute Gasteiger partial charge is 0.424 e. The normalized spacial score (nSPS) is 12.9. The molecule has 0 radical (unpaired) electrons. The van der Waals surface area contributed by atoms with Gasteiger partial charge < -0.3 is 9.84 Å². The molecule has 0 aliphatic carbocycles. The predicted molar refractivity (Wildman–Crippen MR) is 157 cm³/mol. The van der Waals surface area contributed by atoms with E-state index in [1.54, 1.807) is 18.2 Å². The van der Waals surface area contributed by atoms with Gasteiger partial charge in [-0.3, -0.25) is 4.79 Å². The van der Waals surface area contributed by atoms with Crippen LogP contribution in [0.25, 0.3) is 22.4 Å². The zero-order valence-electron chi connectivity index (χ0n) is 22.7. The van der Waals surface area contributed by atoms with Gasteiger partial charge in [0.15, 0.2) is 5.75 Å². The fraction of sp³-hybridized carbons (Fsp3) is 0.212. The van der Waals surface area contributed by atoms with Gasteiger partial charge in [0.2, 0.25) is 0 Å². The number of aliphatic hydroxyl groups excluding tert-OH is 1. The van der Waals surface area contributed by atoms with Gasteiger partial charge in [-0.2, -0.15) is 4.89 Å². The zero-order valence-corrected chi connectivity index (χ0v) is 23.6. The van der Waals surface area contributed by atoms with Crippen LogP contribution in [0.3, 0.4) is 0 Å². The van der Waals surface area contributed by atoms with Gasteiger partial charge in [0.05, 0.1) is 17.8 Å². The van der Waals surface area contributed by atoms with Crippen molar-refractivity contribution in [1.29, 1.82) is 0 Å². The molecule has 0 bridgehead atoms. The van der Waals surface area contributed by atoms with Gasteiger partial charge in [-0.25, -0.2) is 9.37 Å². The van der Waals surface area contributed by atoms with Crippen molar-refractivity contribution in [2.75, 3.05) is 0 Å². The number of pyridine rings is 1. The summed E-state index contributed by atoms with van der Waals surface area (Å²) < 4.78 is 31.1. The highest BCUT2D eigenvalue weighted by Crippen LogP contribution is 2.40. The monoisotopic (exact) mass is 570 g/mol. The molecule has 41 heavy (non-hydrogen) atoms. The number of ether oxygens (including phenoxy) is 1. The lowest BCUT2D eigenvalue weighted by Crippen LogP contribution is -2.27. The Kier molecular flexibility index (Phi) is 9.75. The SMILES string of the molecule is C#CC(C(O)CC(=O)Oc1c(-c2ccc(F)cc2)cc(-c2ccccc2Cc2ccccc2)nc1C(C)C)[P+](=O)O. The Labute approximate surface area is 239 Å². The van der Waals surface area contributed by atoms with Crippen molar-refractivity contribution in [2.24, 2.45) is 0 Å². The fourth-order valence-corrected chi connectivity index (χ4v) is 5.06. The van der Waals surface area contributed by atoms with Crippen molar-refractivity contribution in [3.8, 4) is 40.5 Å². The first-order valence-corrected chi connectivity index (χ1v) is 14.4. The molecule has 8 heteroatoms. The van der Waals surface area contributed by atoms with Crippen LogP contribution in [0.15, 0.2) is 84.9 Å². The molecule has 4 rings (SSSR count). The number of aliphatic hydroxyl groups is 1. The van der Waals surface area contributed by atoms with E-state index in [0.29, 0.717) is 28.9 Å². The Morgan fingerprint density at radius 2 is 1.68 bits per heavy atom. The van der Waals surface area contributed by atoms with Gasteiger partial charge in [-0.1, -0.05) is 80.6 Å². The van der Waals surface area contributed by atoms with Crippen molar-refractivity contribution < 1.29 is 28.5 Å². The number of carbonyl (C=O) groups is 1. The Balaban J connectivity index is 1.82. The molecule has 0 saturated carbocycles. The summed E-state index contributed by atoms with van der Waals surface area (Å²) in [5.41, 5.74) is 3.93. The highest BCUT2D eigenvalue weighted by Gasteiger charge is 2.37. The van der Waals surface area contributed by atoms with Crippen LogP contribution in [-0.4, -0.2) is 32.7 Å². The van der Waals surface area contributed by atoms with E-state index >= 15 is 0 Å². The summed E-state index contributed by atoms with van der Waals surface area (Å²) in [6.45, 7) is 3.82. The van der Waals surface area contributed by atoms with Crippen LogP contribution in [0.2, 0.25) is 0 Å². The molecule has 4 aromatic rings. The molecule has 1 heterocycles. The van der Waals surface area contributed by atoms with Crippen molar-refractivity contribution >= 4 is 14.0 Å². The highest BCUT2D eigenvalue weighted by atomic mass is 31.1. The first kappa shape index (κ1) is 29.8. The molecular weight excluding hydrogens is 540 g/mol. The molecule has 0 aliphatic heterocycles. The first-order chi connectivity index (χ1) is 19.7. The van der Waals surface area contributed by atoms with E-state index in [2.05, 4.69) is 18.1 Å². The lowest BCUT2D eigenvalue weighted by molar-refractivity contribution is -0.136. The maximum Gasteiger partial charge on any atom is 0.524 e. The number of esters is 1. The van der Waals surface area contributed by atoms with E-state index in [0.717, 1.165) is 16.7 Å². The van der Waals surface area contributed by atoms with Crippen LogP contribution < -0.4 is 4.74 Å². The van der Waals surface area contributed by atoms with E-state index in [9.17, 15) is 23.7 Å². The Bertz CT molecular complexity index is 1580. The van der Waals surface area contributed by atoms with E-state index in [1.807, 2.05) is 56.3 Å². The fourth-order valence-electron chi connectivity index (χ4n) is 4.53. The summed E-state index contributed by atoms with van der Waals surface area (Å²) >= 11 is 0. The molecule has 0 amide bonds. The third-order valence-corrected chi connectivity index (χ3v) is 7.57. The average Bonchev–Trinajstić information content (AvgIpc) is 2.94. The predicted octanol–water partition coefficient (Wildman–Crippen LogP) is 6.66. The van der Waals surface area contributed by atoms with Crippen LogP contribution in [-0.2, 0) is 15.8 Å². The van der Waals surface area contributed by atoms with Crippen molar-refractivity contribution in [1.82, 2.24) is 4.98 Å². The second-order valence-corrected chi connectivity index (χ2v) is 11.1. The molecule has 3 unspecified atom stereocenters. The summed E-state index contributed by atoms with van der Waals surface area (Å²) in [5.74, 6) is 0.766. The van der Waals surface area contributed by atoms with Crippen LogP contribution in [0.1, 0.15) is 43.0 Å². The molecule has 0 fully saturated rings. The number of carbonyl (C=O) groups excluding carboxylic acids is 1. The van der Waals surface area contributed by atoms with Crippen molar-refractivity contribution in [3.05, 3.63) is 108 Å². The molecule has 0 spiro atoms. The van der Waals surface area contributed by atoms with Gasteiger partial charge in [-0.15, -0.1) is 6.42 Å². The third-order valence-electron chi connectivity index (χ3n) is 6.60. The molecule has 2 N–H and O–H groups in total. The topological polar surface area (TPSA) is 96.7 Å². The lowest BCUT2D eigenvalue weighted by Gasteiger charge is -2.20. The summed E-state index contributed by atoms with van der Waals surface area (Å²) in [6, 6.07) is 25.6. The maximum atomic E-state index is 13.9. The van der Waals surface area contributed by atoms with Crippen LogP contribution in [0, 0.1) is 18.2 Å². The molecular formula is C33H30FNO5P+. The van der Waals surface area contributed by atoms with E-state index in [-0.39, 0.29) is 11.7 Å². The number of nitrogens with zero attached hydrogens (tertiary/aromatic N) is 1. The summed E-state index contributed by atoms with van der Waals surface area (Å²) in [7, 11) is -2.90. The Morgan fingerprint density at radius 3 is 2.32 bits per heavy atom. The Morgan fingerprint density at radius 1 is 1.02 bits per heavy atom. The second-order valence-electron chi connectivity index (χ2n) is 9.91. The van der Waals surface area contributed by atoms with E-state index in [4.69, 9.17) is 16.1 Å². The number of benzene rings is 3. The van der Waals surface area contributed by atoms with Crippen molar-refractivity contribution in [3.63, 3.8) is 0 Å². The zero-order chi connectivity index (χ0) is 29.5. The summed E-state index contributed by atoms with van der Waals surface area (Å²) in [4.78, 5) is 27.3. The van der Waals surface area contributed by atoms with Crippen molar-refractivity contribution in [2.45, 2.75) is 44.4 Å². The Hall–Kier alpha value is -4.21. The number of aromatic nitrogens is 1. The number of terminal acetylenes is 1. The quantitative estimate of drug-likeness (QED) is 0.126. The van der Waals surface area contributed by atoms with Gasteiger partial charge >= 0.3 is 14.0 Å². The third kappa shape index (κ3) is 7.31. The lowest BCUT2D eigenvalue weighted by atomic mass is 9.94. The molecule has 208 valence electrons. The average molecular weight is 571 g/mol. The number of halogens is 1. The number of rotatable bonds is 10.